The summed E-state index contributed by atoms with van der Waals surface area (Å²) in [6, 6.07) is 13.5. The minimum Gasteiger partial charge on any atom is -0.464 e. The molecule has 1 aromatic carbocycles. The number of pyridine rings is 1. The molecule has 0 spiro atoms. The van der Waals surface area contributed by atoms with E-state index in [1.54, 1.807) is 19.1 Å². The number of carbonyl (C=O) groups is 2. The summed E-state index contributed by atoms with van der Waals surface area (Å²) in [6.45, 7) is 3.78. The van der Waals surface area contributed by atoms with Crippen molar-refractivity contribution in [1.82, 2.24) is 4.98 Å². The molecule has 0 bridgehead atoms. The Bertz CT molecular complexity index is 603. The van der Waals surface area contributed by atoms with Crippen molar-refractivity contribution in [3.8, 4) is 0 Å². The summed E-state index contributed by atoms with van der Waals surface area (Å²) in [7, 11) is 0. The minimum atomic E-state index is -1.82. The number of anilines is 1. The van der Waals surface area contributed by atoms with Crippen LogP contribution in [0.3, 0.4) is 0 Å². The van der Waals surface area contributed by atoms with E-state index in [1.807, 2.05) is 18.2 Å². The van der Waals surface area contributed by atoms with Crippen LogP contribution in [0.5, 0.6) is 0 Å². The van der Waals surface area contributed by atoms with Crippen LogP contribution >= 0.6 is 0 Å². The van der Waals surface area contributed by atoms with Crippen LogP contribution in [0, 0.1) is 6.92 Å². The van der Waals surface area contributed by atoms with Gasteiger partial charge in [0.2, 0.25) is 6.10 Å². The Morgan fingerprint density at radius 3 is 2.39 bits per heavy atom. The number of nitrogens with zero attached hydrogens (tertiary/aromatic N) is 1. The molecule has 6 nitrogen and oxygen atoms in total. The smallest absolute Gasteiger partial charge is 0.344 e. The lowest BCUT2D eigenvalue weighted by Gasteiger charge is -2.09. The lowest BCUT2D eigenvalue weighted by atomic mass is 10.2. The first-order chi connectivity index (χ1) is 11.0. The lowest BCUT2D eigenvalue weighted by Crippen LogP contribution is -2.36. The molecule has 1 amide bonds. The molecule has 0 aliphatic heterocycles. The van der Waals surface area contributed by atoms with Crippen LogP contribution < -0.4 is 5.32 Å². The van der Waals surface area contributed by atoms with E-state index in [4.69, 9.17) is 0 Å². The summed E-state index contributed by atoms with van der Waals surface area (Å²) in [5, 5.41) is 11.6. The quantitative estimate of drug-likeness (QED) is 0.665. The number of hydrogen-bond acceptors (Lipinski definition) is 5. The summed E-state index contributed by atoms with van der Waals surface area (Å²) >= 11 is 0. The van der Waals surface area contributed by atoms with Crippen LogP contribution in [-0.4, -0.2) is 34.7 Å². The molecular formula is C17H20N2O4. The summed E-state index contributed by atoms with van der Waals surface area (Å²) in [5.74, 6) is -1.81. The van der Waals surface area contributed by atoms with Crippen LogP contribution in [0.2, 0.25) is 0 Å². The third kappa shape index (κ3) is 7.19. The molecule has 1 aromatic heterocycles. The molecule has 6 heteroatoms. The largest absolute Gasteiger partial charge is 0.464 e. The van der Waals surface area contributed by atoms with Crippen molar-refractivity contribution in [2.45, 2.75) is 20.0 Å². The Balaban J connectivity index is 0.000000313. The van der Waals surface area contributed by atoms with Gasteiger partial charge >= 0.3 is 5.97 Å². The second-order valence-corrected chi connectivity index (χ2v) is 4.54. The van der Waals surface area contributed by atoms with E-state index in [2.05, 4.69) is 34.1 Å². The first kappa shape index (κ1) is 18.3. The van der Waals surface area contributed by atoms with Gasteiger partial charge in [-0.05, 0) is 26.0 Å². The van der Waals surface area contributed by atoms with Crippen LogP contribution in [-0.2, 0) is 14.3 Å². The normalized spacial score (nSPS) is 10.7. The fraction of sp³-hybridized carbons (Fsp3) is 0.235. The molecular weight excluding hydrogens is 296 g/mol. The molecule has 2 aromatic rings. The third-order valence-electron chi connectivity index (χ3n) is 2.63. The number of aliphatic hydroxyl groups excluding tert-OH is 1. The van der Waals surface area contributed by atoms with Crippen molar-refractivity contribution in [2.24, 2.45) is 0 Å². The van der Waals surface area contributed by atoms with E-state index in [-0.39, 0.29) is 6.61 Å². The molecule has 1 heterocycles. The molecule has 0 aliphatic carbocycles. The topological polar surface area (TPSA) is 88.5 Å². The van der Waals surface area contributed by atoms with Crippen LogP contribution in [0.25, 0.3) is 0 Å². The van der Waals surface area contributed by atoms with E-state index in [9.17, 15) is 14.7 Å². The summed E-state index contributed by atoms with van der Waals surface area (Å²) < 4.78 is 4.50. The molecule has 0 aliphatic rings. The van der Waals surface area contributed by atoms with Gasteiger partial charge in [0, 0.05) is 6.20 Å². The summed E-state index contributed by atoms with van der Waals surface area (Å²) in [6.07, 6.45) is 1.12. The summed E-state index contributed by atoms with van der Waals surface area (Å²) in [5.41, 5.74) is 1.72. The van der Waals surface area contributed by atoms with Gasteiger partial charge in [0.25, 0.3) is 5.91 Å². The lowest BCUT2D eigenvalue weighted by molar-refractivity contribution is -0.156. The van der Waals surface area contributed by atoms with E-state index in [0.717, 1.165) is 0 Å². The number of rotatable bonds is 4. The molecule has 2 rings (SSSR count). The van der Waals surface area contributed by atoms with Gasteiger partial charge in [0.15, 0.2) is 0 Å². The van der Waals surface area contributed by atoms with Crippen LogP contribution in [0.1, 0.15) is 12.5 Å². The maximum absolute atomic E-state index is 11.3. The molecule has 1 atom stereocenters. The van der Waals surface area contributed by atoms with E-state index in [1.165, 1.54) is 18.0 Å². The molecule has 0 radical (unpaired) electrons. The molecule has 1 unspecified atom stereocenters. The summed E-state index contributed by atoms with van der Waals surface area (Å²) in [4.78, 5) is 26.1. The SMILES string of the molecule is CCOC(=O)C(O)C(=O)Nc1cccnc1.Cc1ccccc1. The van der Waals surface area contributed by atoms with E-state index < -0.39 is 18.0 Å². The highest BCUT2D eigenvalue weighted by Gasteiger charge is 2.24. The predicted molar refractivity (Wildman–Crippen MR) is 86.7 cm³/mol. The average molecular weight is 316 g/mol. The molecule has 0 saturated carbocycles. The molecule has 2 N–H and O–H groups in total. The second-order valence-electron chi connectivity index (χ2n) is 4.54. The van der Waals surface area contributed by atoms with Crippen molar-refractivity contribution in [3.63, 3.8) is 0 Å². The first-order valence-electron chi connectivity index (χ1n) is 7.11. The number of aryl methyl sites for hydroxylation is 1. The van der Waals surface area contributed by atoms with Crippen molar-refractivity contribution in [3.05, 3.63) is 60.4 Å². The highest BCUT2D eigenvalue weighted by molar-refractivity contribution is 6.07. The Hall–Kier alpha value is -2.73. The fourth-order valence-corrected chi connectivity index (χ4v) is 1.51. The highest BCUT2D eigenvalue weighted by atomic mass is 16.5. The van der Waals surface area contributed by atoms with Gasteiger partial charge in [0.1, 0.15) is 0 Å². The predicted octanol–water partition coefficient (Wildman–Crippen LogP) is 1.94. The molecule has 122 valence electrons. The molecule has 0 fully saturated rings. The zero-order chi connectivity index (χ0) is 17.1. The number of carbonyl (C=O) groups excluding carboxylic acids is 2. The maximum Gasteiger partial charge on any atom is 0.344 e. The molecule has 0 saturated heterocycles. The zero-order valence-electron chi connectivity index (χ0n) is 13.1. The third-order valence-corrected chi connectivity index (χ3v) is 2.63. The average Bonchev–Trinajstić information content (AvgIpc) is 2.56. The minimum absolute atomic E-state index is 0.107. The Kier molecular flexibility index (Phi) is 8.02. The Labute approximate surface area is 135 Å². The Morgan fingerprint density at radius 2 is 1.91 bits per heavy atom. The monoisotopic (exact) mass is 316 g/mol. The number of aromatic nitrogens is 1. The fourth-order valence-electron chi connectivity index (χ4n) is 1.51. The standard InChI is InChI=1S/C10H12N2O4.C7H8/c1-2-16-10(15)8(13)9(14)12-7-4-3-5-11-6-7;1-7-5-3-2-4-6-7/h3-6,8,13H,2H2,1H3,(H,12,14);2-6H,1H3. The number of amides is 1. The Morgan fingerprint density at radius 1 is 1.22 bits per heavy atom. The van der Waals surface area contributed by atoms with Crippen LogP contribution in [0.15, 0.2) is 54.9 Å². The van der Waals surface area contributed by atoms with E-state index >= 15 is 0 Å². The van der Waals surface area contributed by atoms with Gasteiger partial charge in [-0.1, -0.05) is 35.9 Å². The van der Waals surface area contributed by atoms with E-state index in [0.29, 0.717) is 5.69 Å². The number of aliphatic hydroxyl groups is 1. The van der Waals surface area contributed by atoms with Gasteiger partial charge in [-0.3, -0.25) is 9.78 Å². The molecule has 23 heavy (non-hydrogen) atoms. The van der Waals surface area contributed by atoms with Crippen molar-refractivity contribution >= 4 is 17.6 Å². The number of hydrogen-bond donors (Lipinski definition) is 2. The highest BCUT2D eigenvalue weighted by Crippen LogP contribution is 2.03. The van der Waals surface area contributed by atoms with Gasteiger partial charge in [0.05, 0.1) is 18.5 Å². The van der Waals surface area contributed by atoms with Gasteiger partial charge < -0.3 is 15.2 Å². The second kappa shape index (κ2) is 10.1. The number of ether oxygens (including phenoxy) is 1. The van der Waals surface area contributed by atoms with Gasteiger partial charge in [-0.15, -0.1) is 0 Å². The van der Waals surface area contributed by atoms with Gasteiger partial charge in [-0.25, -0.2) is 4.79 Å². The maximum atomic E-state index is 11.3. The number of nitrogens with one attached hydrogen (secondary N) is 1. The first-order valence-corrected chi connectivity index (χ1v) is 7.11. The van der Waals surface area contributed by atoms with Crippen molar-refractivity contribution < 1.29 is 19.4 Å². The van der Waals surface area contributed by atoms with Gasteiger partial charge in [-0.2, -0.15) is 0 Å². The number of benzene rings is 1. The van der Waals surface area contributed by atoms with Crippen molar-refractivity contribution in [2.75, 3.05) is 11.9 Å². The van der Waals surface area contributed by atoms with Crippen LogP contribution in [0.4, 0.5) is 5.69 Å². The zero-order valence-corrected chi connectivity index (χ0v) is 13.1. The van der Waals surface area contributed by atoms with Crippen molar-refractivity contribution in [1.29, 1.82) is 0 Å². The number of esters is 1.